The maximum Gasteiger partial charge on any atom is 0.204 e. The fraction of sp³-hybridized carbons (Fsp3) is 0.381. The molecule has 0 aliphatic carbocycles. The Morgan fingerprint density at radius 1 is 1.00 bits per heavy atom. The molecular formula is C21H27N5O. The third-order valence-corrected chi connectivity index (χ3v) is 4.47. The lowest BCUT2D eigenvalue weighted by molar-refractivity contribution is 0.313. The van der Waals surface area contributed by atoms with Crippen molar-refractivity contribution in [2.45, 2.75) is 32.4 Å². The van der Waals surface area contributed by atoms with Crippen LogP contribution >= 0.6 is 0 Å². The van der Waals surface area contributed by atoms with Gasteiger partial charge in [-0.1, -0.05) is 48.9 Å². The highest BCUT2D eigenvalue weighted by Crippen LogP contribution is 2.14. The molecular weight excluding hydrogens is 338 g/mol. The number of rotatable bonds is 10. The quantitative estimate of drug-likeness (QED) is 0.513. The zero-order chi connectivity index (χ0) is 18.9. The SMILES string of the molecule is COc1cccc(CN(C)CCCCCn2nnc(-c3ccccc3)n2)c1. The van der Waals surface area contributed by atoms with Crippen molar-refractivity contribution in [1.29, 1.82) is 0 Å². The molecule has 6 heteroatoms. The molecule has 3 rings (SSSR count). The highest BCUT2D eigenvalue weighted by atomic mass is 16.5. The van der Waals surface area contributed by atoms with Gasteiger partial charge in [-0.15, -0.1) is 10.2 Å². The Bertz CT molecular complexity index is 818. The Morgan fingerprint density at radius 2 is 1.85 bits per heavy atom. The summed E-state index contributed by atoms with van der Waals surface area (Å²) in [4.78, 5) is 4.04. The van der Waals surface area contributed by atoms with Gasteiger partial charge in [0.05, 0.1) is 13.7 Å². The first kappa shape index (κ1) is 19.0. The van der Waals surface area contributed by atoms with Crippen LogP contribution in [0.15, 0.2) is 54.6 Å². The number of hydrogen-bond donors (Lipinski definition) is 0. The largest absolute Gasteiger partial charge is 0.497 e. The molecule has 3 aromatic rings. The summed E-state index contributed by atoms with van der Waals surface area (Å²) in [6, 6.07) is 18.2. The third-order valence-electron chi connectivity index (χ3n) is 4.47. The zero-order valence-corrected chi connectivity index (χ0v) is 16.1. The van der Waals surface area contributed by atoms with Crippen LogP contribution in [0.3, 0.4) is 0 Å². The van der Waals surface area contributed by atoms with Crippen molar-refractivity contribution in [2.24, 2.45) is 0 Å². The number of aromatic nitrogens is 4. The first-order valence-corrected chi connectivity index (χ1v) is 9.39. The predicted octanol–water partition coefficient (Wildman–Crippen LogP) is 3.65. The van der Waals surface area contributed by atoms with Gasteiger partial charge in [0, 0.05) is 12.1 Å². The van der Waals surface area contributed by atoms with Crippen molar-refractivity contribution >= 4 is 0 Å². The lowest BCUT2D eigenvalue weighted by Gasteiger charge is -2.17. The van der Waals surface area contributed by atoms with Gasteiger partial charge in [-0.3, -0.25) is 0 Å². The normalized spacial score (nSPS) is 11.1. The van der Waals surface area contributed by atoms with Crippen LogP contribution in [-0.2, 0) is 13.1 Å². The molecule has 0 aliphatic heterocycles. The molecule has 0 spiro atoms. The van der Waals surface area contributed by atoms with Crippen LogP contribution in [0.4, 0.5) is 0 Å². The van der Waals surface area contributed by atoms with E-state index in [9.17, 15) is 0 Å². The number of ether oxygens (including phenoxy) is 1. The van der Waals surface area contributed by atoms with Gasteiger partial charge in [-0.05, 0) is 49.3 Å². The standard InChI is InChI=1S/C21H27N5O/c1-25(17-18-10-9-13-20(16-18)27-2)14-7-4-8-15-26-23-21(22-24-26)19-11-5-3-6-12-19/h3,5-6,9-13,16H,4,7-8,14-15,17H2,1-2H3. The molecule has 0 radical (unpaired) electrons. The van der Waals surface area contributed by atoms with E-state index in [1.54, 1.807) is 11.9 Å². The molecule has 1 aromatic heterocycles. The van der Waals surface area contributed by atoms with Gasteiger partial charge in [0.2, 0.25) is 5.82 Å². The van der Waals surface area contributed by atoms with E-state index < -0.39 is 0 Å². The van der Waals surface area contributed by atoms with Crippen LogP contribution in [-0.4, -0.2) is 45.8 Å². The number of benzene rings is 2. The Kier molecular flexibility index (Phi) is 6.93. The summed E-state index contributed by atoms with van der Waals surface area (Å²) in [7, 11) is 3.86. The van der Waals surface area contributed by atoms with Crippen molar-refractivity contribution < 1.29 is 4.74 Å². The van der Waals surface area contributed by atoms with Gasteiger partial charge in [0.15, 0.2) is 0 Å². The van der Waals surface area contributed by atoms with Crippen molar-refractivity contribution in [1.82, 2.24) is 25.1 Å². The Labute approximate surface area is 160 Å². The fourth-order valence-corrected chi connectivity index (χ4v) is 3.01. The number of nitrogens with zero attached hydrogens (tertiary/aromatic N) is 5. The van der Waals surface area contributed by atoms with Gasteiger partial charge in [0.1, 0.15) is 5.75 Å². The van der Waals surface area contributed by atoms with E-state index in [0.717, 1.165) is 50.2 Å². The number of hydrogen-bond acceptors (Lipinski definition) is 5. The van der Waals surface area contributed by atoms with E-state index in [4.69, 9.17) is 4.74 Å². The molecule has 0 fully saturated rings. The highest BCUT2D eigenvalue weighted by Gasteiger charge is 2.05. The molecule has 142 valence electrons. The maximum absolute atomic E-state index is 5.28. The van der Waals surface area contributed by atoms with E-state index in [2.05, 4.69) is 39.5 Å². The molecule has 0 N–H and O–H groups in total. The molecule has 0 aliphatic rings. The second-order valence-electron chi connectivity index (χ2n) is 6.72. The van der Waals surface area contributed by atoms with Crippen LogP contribution in [0.5, 0.6) is 5.75 Å². The Hall–Kier alpha value is -2.73. The minimum atomic E-state index is 0.689. The van der Waals surface area contributed by atoms with Crippen LogP contribution in [0.25, 0.3) is 11.4 Å². The number of unbranched alkanes of at least 4 members (excludes halogenated alkanes) is 2. The number of methoxy groups -OCH3 is 1. The minimum Gasteiger partial charge on any atom is -0.497 e. The number of tetrazole rings is 1. The van der Waals surface area contributed by atoms with Crippen molar-refractivity contribution in [2.75, 3.05) is 20.7 Å². The van der Waals surface area contributed by atoms with Crippen LogP contribution in [0.2, 0.25) is 0 Å². The summed E-state index contributed by atoms with van der Waals surface area (Å²) in [5.41, 5.74) is 2.28. The second-order valence-corrected chi connectivity index (χ2v) is 6.72. The molecule has 27 heavy (non-hydrogen) atoms. The maximum atomic E-state index is 5.28. The molecule has 0 saturated heterocycles. The first-order valence-electron chi connectivity index (χ1n) is 9.39. The van der Waals surface area contributed by atoms with E-state index >= 15 is 0 Å². The smallest absolute Gasteiger partial charge is 0.204 e. The van der Waals surface area contributed by atoms with Crippen LogP contribution < -0.4 is 4.74 Å². The van der Waals surface area contributed by atoms with Gasteiger partial charge in [-0.2, -0.15) is 4.80 Å². The van der Waals surface area contributed by atoms with Gasteiger partial charge in [-0.25, -0.2) is 0 Å². The van der Waals surface area contributed by atoms with E-state index in [1.807, 2.05) is 42.5 Å². The molecule has 0 bridgehead atoms. The molecule has 0 atom stereocenters. The molecule has 0 saturated carbocycles. The first-order chi connectivity index (χ1) is 13.2. The fourth-order valence-electron chi connectivity index (χ4n) is 3.01. The molecule has 0 amide bonds. The molecule has 6 nitrogen and oxygen atoms in total. The average Bonchev–Trinajstić information content (AvgIpc) is 3.17. The monoisotopic (exact) mass is 365 g/mol. The summed E-state index contributed by atoms with van der Waals surface area (Å²) >= 11 is 0. The summed E-state index contributed by atoms with van der Waals surface area (Å²) in [6.07, 6.45) is 3.35. The molecule has 2 aromatic carbocycles. The highest BCUT2D eigenvalue weighted by molar-refractivity contribution is 5.52. The molecule has 1 heterocycles. The summed E-state index contributed by atoms with van der Waals surface area (Å²) < 4.78 is 5.28. The van der Waals surface area contributed by atoms with Crippen molar-refractivity contribution in [3.05, 3.63) is 60.2 Å². The number of aryl methyl sites for hydroxylation is 1. The summed E-state index contributed by atoms with van der Waals surface area (Å²) in [5, 5.41) is 12.7. The predicted molar refractivity (Wildman–Crippen MR) is 106 cm³/mol. The van der Waals surface area contributed by atoms with Crippen molar-refractivity contribution in [3.8, 4) is 17.1 Å². The van der Waals surface area contributed by atoms with Crippen LogP contribution in [0.1, 0.15) is 24.8 Å². The van der Waals surface area contributed by atoms with Crippen molar-refractivity contribution in [3.63, 3.8) is 0 Å². The second kappa shape index (κ2) is 9.83. The minimum absolute atomic E-state index is 0.689. The van der Waals surface area contributed by atoms with Crippen LogP contribution in [0, 0.1) is 0 Å². The summed E-state index contributed by atoms with van der Waals surface area (Å²) in [5.74, 6) is 1.60. The van der Waals surface area contributed by atoms with Gasteiger partial charge < -0.3 is 9.64 Å². The van der Waals surface area contributed by atoms with Gasteiger partial charge in [0.25, 0.3) is 0 Å². The lowest BCUT2D eigenvalue weighted by atomic mass is 10.2. The topological polar surface area (TPSA) is 56.1 Å². The third kappa shape index (κ3) is 5.89. The van der Waals surface area contributed by atoms with E-state index in [-0.39, 0.29) is 0 Å². The zero-order valence-electron chi connectivity index (χ0n) is 16.1. The van der Waals surface area contributed by atoms with E-state index in [1.165, 1.54) is 5.56 Å². The lowest BCUT2D eigenvalue weighted by Crippen LogP contribution is -2.19. The van der Waals surface area contributed by atoms with E-state index in [0.29, 0.717) is 5.82 Å². The average molecular weight is 365 g/mol. The van der Waals surface area contributed by atoms with Gasteiger partial charge >= 0.3 is 0 Å². The Morgan fingerprint density at radius 3 is 2.67 bits per heavy atom. The molecule has 0 unspecified atom stereocenters. The Balaban J connectivity index is 1.35. The summed E-state index contributed by atoms with van der Waals surface area (Å²) in [6.45, 7) is 2.80.